The molecule has 0 bridgehead atoms. The van der Waals surface area contributed by atoms with E-state index < -0.39 is 23.6 Å². The number of nitrogens with one attached hydrogen (secondary N) is 1. The summed E-state index contributed by atoms with van der Waals surface area (Å²) < 4.78 is 27.0. The average Bonchev–Trinajstić information content (AvgIpc) is 3.22. The van der Waals surface area contributed by atoms with Crippen molar-refractivity contribution in [1.82, 2.24) is 25.5 Å². The Morgan fingerprint density at radius 3 is 2.45 bits per heavy atom. The maximum absolute atomic E-state index is 13.9. The van der Waals surface area contributed by atoms with Crippen molar-refractivity contribution >= 4 is 17.5 Å². The second kappa shape index (κ2) is 10.8. The number of anilines is 1. The van der Waals surface area contributed by atoms with E-state index >= 15 is 0 Å². The predicted molar refractivity (Wildman–Crippen MR) is 119 cm³/mol. The van der Waals surface area contributed by atoms with E-state index in [1.165, 1.54) is 47.4 Å². The number of rotatable bonds is 9. The molecule has 3 aromatic rings. The molecule has 0 fully saturated rings. The molecule has 0 spiro atoms. The van der Waals surface area contributed by atoms with Crippen LogP contribution in [0.3, 0.4) is 0 Å². The normalized spacial score (nSPS) is 11.9. The van der Waals surface area contributed by atoms with Crippen molar-refractivity contribution in [2.75, 3.05) is 11.4 Å². The van der Waals surface area contributed by atoms with Crippen molar-refractivity contribution in [2.24, 2.45) is 5.92 Å². The van der Waals surface area contributed by atoms with Crippen molar-refractivity contribution in [3.63, 3.8) is 0 Å². The van der Waals surface area contributed by atoms with Gasteiger partial charge in [0.15, 0.2) is 0 Å². The third kappa shape index (κ3) is 6.41. The van der Waals surface area contributed by atoms with E-state index in [0.29, 0.717) is 18.0 Å². The zero-order valence-electron chi connectivity index (χ0n) is 18.7. The zero-order valence-corrected chi connectivity index (χ0v) is 18.7. The summed E-state index contributed by atoms with van der Waals surface area (Å²) in [6.45, 7) is 5.81. The summed E-state index contributed by atoms with van der Waals surface area (Å²) >= 11 is 0. The van der Waals surface area contributed by atoms with Gasteiger partial charge in [-0.1, -0.05) is 19.9 Å². The Hall–Kier alpha value is -3.69. The van der Waals surface area contributed by atoms with E-state index in [9.17, 15) is 18.4 Å². The van der Waals surface area contributed by atoms with Gasteiger partial charge in [-0.3, -0.25) is 14.5 Å². The van der Waals surface area contributed by atoms with Crippen LogP contribution in [0.1, 0.15) is 27.2 Å². The maximum Gasteiger partial charge on any atom is 0.251 e. The minimum atomic E-state index is -0.897. The lowest BCUT2D eigenvalue weighted by molar-refractivity contribution is -0.126. The first-order chi connectivity index (χ1) is 15.7. The number of benzene rings is 2. The topological polar surface area (TPSA) is 93.0 Å². The van der Waals surface area contributed by atoms with Gasteiger partial charge in [0.2, 0.25) is 11.7 Å². The third-order valence-electron chi connectivity index (χ3n) is 4.97. The molecule has 0 radical (unpaired) electrons. The van der Waals surface area contributed by atoms with Crippen LogP contribution in [-0.4, -0.2) is 44.6 Å². The Kier molecular flexibility index (Phi) is 7.81. The highest BCUT2D eigenvalue weighted by Crippen LogP contribution is 2.20. The van der Waals surface area contributed by atoms with Gasteiger partial charge in [-0.15, -0.1) is 10.2 Å². The fourth-order valence-electron chi connectivity index (χ4n) is 3.18. The monoisotopic (exact) mass is 456 g/mol. The van der Waals surface area contributed by atoms with Crippen LogP contribution in [0.25, 0.3) is 11.4 Å². The van der Waals surface area contributed by atoms with Gasteiger partial charge in [0.25, 0.3) is 5.91 Å². The molecule has 2 amide bonds. The van der Waals surface area contributed by atoms with Crippen molar-refractivity contribution < 1.29 is 18.4 Å². The summed E-state index contributed by atoms with van der Waals surface area (Å²) in [6, 6.07) is 10.1. The predicted octanol–water partition coefficient (Wildman–Crippen LogP) is 3.20. The van der Waals surface area contributed by atoms with Crippen molar-refractivity contribution in [2.45, 2.75) is 39.8 Å². The van der Waals surface area contributed by atoms with Crippen molar-refractivity contribution in [3.05, 3.63) is 60.2 Å². The molecule has 2 aromatic carbocycles. The largest absolute Gasteiger partial charge is 0.354 e. The highest BCUT2D eigenvalue weighted by Gasteiger charge is 2.28. The Morgan fingerprint density at radius 1 is 1.06 bits per heavy atom. The number of carbonyl (C=O) groups excluding carboxylic acids is 2. The molecule has 0 aliphatic carbocycles. The molecule has 0 saturated heterocycles. The number of hydrogen-bond acceptors (Lipinski definition) is 5. The summed E-state index contributed by atoms with van der Waals surface area (Å²) in [5, 5.41) is 14.8. The van der Waals surface area contributed by atoms with E-state index in [0.717, 1.165) is 11.2 Å². The molecule has 33 heavy (non-hydrogen) atoms. The number of amides is 2. The summed E-state index contributed by atoms with van der Waals surface area (Å²) in [5.41, 5.74) is 0.778. The quantitative estimate of drug-likeness (QED) is 0.534. The van der Waals surface area contributed by atoms with Crippen LogP contribution < -0.4 is 10.2 Å². The molecule has 0 unspecified atom stereocenters. The van der Waals surface area contributed by atoms with Gasteiger partial charge in [-0.25, -0.2) is 8.78 Å². The van der Waals surface area contributed by atoms with Crippen molar-refractivity contribution in [1.29, 1.82) is 0 Å². The van der Waals surface area contributed by atoms with Gasteiger partial charge in [0, 0.05) is 17.8 Å². The number of tetrazole rings is 1. The molecular weight excluding hydrogens is 430 g/mol. The Balaban J connectivity index is 1.79. The van der Waals surface area contributed by atoms with E-state index in [1.54, 1.807) is 13.0 Å². The Morgan fingerprint density at radius 2 is 1.79 bits per heavy atom. The van der Waals surface area contributed by atoms with Gasteiger partial charge in [0.05, 0.1) is 0 Å². The van der Waals surface area contributed by atoms with Crippen molar-refractivity contribution in [3.8, 4) is 11.4 Å². The van der Waals surface area contributed by atoms with Crippen LogP contribution in [0, 0.1) is 17.6 Å². The molecular formula is C23H26F2N6O2. The second-order valence-electron chi connectivity index (χ2n) is 8.04. The molecule has 0 aliphatic rings. The lowest BCUT2D eigenvalue weighted by Gasteiger charge is -2.28. The number of carbonyl (C=O) groups is 2. The lowest BCUT2D eigenvalue weighted by atomic mass is 10.1. The summed E-state index contributed by atoms with van der Waals surface area (Å²) in [6.07, 6.45) is 0.793. The second-order valence-corrected chi connectivity index (χ2v) is 8.04. The lowest BCUT2D eigenvalue weighted by Crippen LogP contribution is -2.49. The SMILES string of the molecule is CC(C)CCNC(=O)[C@H](C)N(C(=O)Cn1nnc(-c2ccc(F)cc2)n1)c1cccc(F)c1. The van der Waals surface area contributed by atoms with Gasteiger partial charge < -0.3 is 5.32 Å². The molecule has 174 valence electrons. The van der Waals surface area contributed by atoms with E-state index in [-0.39, 0.29) is 24.0 Å². The molecule has 1 aromatic heterocycles. The molecule has 1 atom stereocenters. The fourth-order valence-corrected chi connectivity index (χ4v) is 3.18. The minimum absolute atomic E-state index is 0.222. The first-order valence-corrected chi connectivity index (χ1v) is 10.6. The first kappa shape index (κ1) is 24.0. The first-order valence-electron chi connectivity index (χ1n) is 10.6. The van der Waals surface area contributed by atoms with Gasteiger partial charge >= 0.3 is 0 Å². The van der Waals surface area contributed by atoms with Crippen LogP contribution in [0.4, 0.5) is 14.5 Å². The summed E-state index contributed by atoms with van der Waals surface area (Å²) in [7, 11) is 0. The Bertz CT molecular complexity index is 1100. The van der Waals surface area contributed by atoms with Crippen LogP contribution in [0.5, 0.6) is 0 Å². The summed E-state index contributed by atoms with van der Waals surface area (Å²) in [5.74, 6) is -1.17. The molecule has 8 nitrogen and oxygen atoms in total. The van der Waals surface area contributed by atoms with Crippen LogP contribution in [0.15, 0.2) is 48.5 Å². The van der Waals surface area contributed by atoms with Gasteiger partial charge in [0.1, 0.15) is 24.2 Å². The molecule has 0 saturated carbocycles. The summed E-state index contributed by atoms with van der Waals surface area (Å²) in [4.78, 5) is 28.2. The molecule has 1 heterocycles. The fraction of sp³-hybridized carbons (Fsp3) is 0.348. The van der Waals surface area contributed by atoms with Crippen LogP contribution >= 0.6 is 0 Å². The van der Waals surface area contributed by atoms with E-state index in [2.05, 4.69) is 20.7 Å². The highest BCUT2D eigenvalue weighted by molar-refractivity contribution is 6.00. The Labute approximate surface area is 190 Å². The number of nitrogens with zero attached hydrogens (tertiary/aromatic N) is 5. The zero-order chi connectivity index (χ0) is 24.0. The average molecular weight is 456 g/mol. The van der Waals surface area contributed by atoms with Crippen LogP contribution in [0.2, 0.25) is 0 Å². The standard InChI is InChI=1S/C23H26F2N6O2/c1-15(2)11-12-26-23(33)16(3)31(20-6-4-5-19(25)13-20)21(32)14-30-28-22(27-29-30)17-7-9-18(24)10-8-17/h4-10,13,15-16H,11-12,14H2,1-3H3,(H,26,33)/t16-/m0/s1. The van der Waals surface area contributed by atoms with Gasteiger partial charge in [-0.2, -0.15) is 4.80 Å². The molecule has 10 heteroatoms. The number of hydrogen-bond donors (Lipinski definition) is 1. The minimum Gasteiger partial charge on any atom is -0.354 e. The third-order valence-corrected chi connectivity index (χ3v) is 4.97. The van der Waals surface area contributed by atoms with E-state index in [1.807, 2.05) is 13.8 Å². The van der Waals surface area contributed by atoms with Gasteiger partial charge in [-0.05, 0) is 66.9 Å². The number of halogens is 2. The molecule has 0 aliphatic heterocycles. The van der Waals surface area contributed by atoms with E-state index in [4.69, 9.17) is 0 Å². The number of aromatic nitrogens is 4. The maximum atomic E-state index is 13.9. The molecule has 3 rings (SSSR count). The smallest absolute Gasteiger partial charge is 0.251 e. The highest BCUT2D eigenvalue weighted by atomic mass is 19.1. The van der Waals surface area contributed by atoms with Crippen LogP contribution in [-0.2, 0) is 16.1 Å². The molecule has 1 N–H and O–H groups in total.